The Bertz CT molecular complexity index is 2650. The van der Waals surface area contributed by atoms with Crippen LogP contribution in [0.2, 0.25) is 0 Å². The Kier molecular flexibility index (Phi) is 10.6. The summed E-state index contributed by atoms with van der Waals surface area (Å²) in [5.41, 5.74) is 8.53. The topological polar surface area (TPSA) is 6.48 Å². The van der Waals surface area contributed by atoms with Crippen LogP contribution in [0.1, 0.15) is 44.4 Å². The number of hydrogen-bond acceptors (Lipinski definition) is 4. The van der Waals surface area contributed by atoms with Crippen molar-refractivity contribution in [2.75, 3.05) is 9.80 Å². The summed E-state index contributed by atoms with van der Waals surface area (Å²) in [6.07, 6.45) is 0. The Hall–Kier alpha value is -5.42. The molecular formula is C49H46N2S2. The molecule has 2 nitrogen and oxygen atoms in total. The van der Waals surface area contributed by atoms with Gasteiger partial charge in [-0.1, -0.05) is 106 Å². The summed E-state index contributed by atoms with van der Waals surface area (Å²) < 4.78 is 0. The lowest BCUT2D eigenvalue weighted by molar-refractivity contribution is 1.32. The number of rotatable bonds is 6. The molecule has 0 spiro atoms. The predicted molar refractivity (Wildman–Crippen MR) is 238 cm³/mol. The van der Waals surface area contributed by atoms with Crippen molar-refractivity contribution < 1.29 is 0 Å². The lowest BCUT2D eigenvalue weighted by Gasteiger charge is -2.32. The molecule has 0 aliphatic rings. The van der Waals surface area contributed by atoms with E-state index in [1.807, 2.05) is 27.7 Å². The Balaban J connectivity index is 0.00000105. The fraction of sp³-hybridized carbons (Fsp3) is 0.143. The number of fused-ring (bicyclic) bond motifs is 4. The van der Waals surface area contributed by atoms with Gasteiger partial charge in [0.05, 0.1) is 21.4 Å². The van der Waals surface area contributed by atoms with Crippen LogP contribution in [-0.4, -0.2) is 0 Å². The molecule has 0 aliphatic heterocycles. The summed E-state index contributed by atoms with van der Waals surface area (Å²) in [4.78, 5) is 4.98. The first kappa shape index (κ1) is 36.0. The molecule has 0 radical (unpaired) electrons. The zero-order valence-corrected chi connectivity index (χ0v) is 33.3. The Morgan fingerprint density at radius 3 is 1.26 bits per heavy atom. The molecule has 0 aliphatic carbocycles. The first-order chi connectivity index (χ1) is 26.0. The van der Waals surface area contributed by atoms with Crippen molar-refractivity contribution >= 4 is 98.5 Å². The third kappa shape index (κ3) is 6.70. The quantitative estimate of drug-likeness (QED) is 0.124. The standard InChI is InChI=1S/C45H34N2S2.2C2H6/c1-29-16-21-38-39(24-29)45(47(43-15-9-23-49-43)37-20-18-33-11-5-7-13-35(33)28-37)41-26-31(3)30(2)25-40(41)44(38)46(42-14-8-22-48-42)36-19-17-32-10-4-6-12-34(32)27-36;2*1-2/h4-28H,1-3H3;2*1-2H3. The van der Waals surface area contributed by atoms with Crippen molar-refractivity contribution in [2.45, 2.75) is 48.5 Å². The van der Waals surface area contributed by atoms with Crippen LogP contribution in [0.25, 0.3) is 43.1 Å². The first-order valence-electron chi connectivity index (χ1n) is 18.7. The highest BCUT2D eigenvalue weighted by Gasteiger charge is 2.27. The Morgan fingerprint density at radius 2 is 0.811 bits per heavy atom. The van der Waals surface area contributed by atoms with Gasteiger partial charge in [0.1, 0.15) is 0 Å². The van der Waals surface area contributed by atoms with Crippen molar-refractivity contribution in [2.24, 2.45) is 0 Å². The average Bonchev–Trinajstić information content (AvgIpc) is 3.94. The predicted octanol–water partition coefficient (Wildman–Crippen LogP) is 16.3. The summed E-state index contributed by atoms with van der Waals surface area (Å²) >= 11 is 3.56. The summed E-state index contributed by atoms with van der Waals surface area (Å²) in [5, 5.41) is 16.6. The van der Waals surface area contributed by atoms with Crippen molar-refractivity contribution in [3.05, 3.63) is 167 Å². The van der Waals surface area contributed by atoms with Gasteiger partial charge in [0, 0.05) is 32.9 Å². The molecule has 0 atom stereocenters. The maximum Gasteiger partial charge on any atom is 0.0999 e. The molecule has 0 amide bonds. The number of benzene rings is 7. The van der Waals surface area contributed by atoms with Gasteiger partial charge < -0.3 is 9.80 Å². The molecule has 264 valence electrons. The highest BCUT2D eigenvalue weighted by Crippen LogP contribution is 2.53. The largest absolute Gasteiger partial charge is 0.301 e. The molecule has 0 saturated carbocycles. The van der Waals surface area contributed by atoms with Crippen molar-refractivity contribution in [3.63, 3.8) is 0 Å². The van der Waals surface area contributed by atoms with E-state index in [-0.39, 0.29) is 0 Å². The van der Waals surface area contributed by atoms with E-state index < -0.39 is 0 Å². The van der Waals surface area contributed by atoms with E-state index in [1.165, 1.54) is 81.2 Å². The second-order valence-corrected chi connectivity index (χ2v) is 14.7. The SMILES string of the molecule is CC.CC.Cc1ccc2c(N(c3ccc4ccccc4c3)c3cccs3)c3cc(C)c(C)cc3c(N(c3ccc4ccccc4c3)c3cccs3)c2c1. The zero-order chi connectivity index (χ0) is 37.1. The van der Waals surface area contributed by atoms with Gasteiger partial charge in [-0.25, -0.2) is 0 Å². The third-order valence-corrected chi connectivity index (χ3v) is 11.4. The van der Waals surface area contributed by atoms with Gasteiger partial charge in [0.25, 0.3) is 0 Å². The maximum absolute atomic E-state index is 2.49. The van der Waals surface area contributed by atoms with E-state index in [4.69, 9.17) is 0 Å². The summed E-state index contributed by atoms with van der Waals surface area (Å²) in [7, 11) is 0. The van der Waals surface area contributed by atoms with Crippen molar-refractivity contribution in [1.82, 2.24) is 0 Å². The molecule has 0 unspecified atom stereocenters. The highest BCUT2D eigenvalue weighted by atomic mass is 32.1. The minimum atomic E-state index is 1.15. The van der Waals surface area contributed by atoms with Gasteiger partial charge in [-0.15, -0.1) is 22.7 Å². The van der Waals surface area contributed by atoms with Gasteiger partial charge >= 0.3 is 0 Å². The average molecular weight is 727 g/mol. The smallest absolute Gasteiger partial charge is 0.0999 e. The molecule has 2 aromatic heterocycles. The van der Waals surface area contributed by atoms with Crippen LogP contribution >= 0.6 is 22.7 Å². The number of hydrogen-bond donors (Lipinski definition) is 0. The van der Waals surface area contributed by atoms with Gasteiger partial charge in [0.2, 0.25) is 0 Å². The summed E-state index contributed by atoms with van der Waals surface area (Å²) in [5.74, 6) is 0. The van der Waals surface area contributed by atoms with Crippen LogP contribution in [0.15, 0.2) is 150 Å². The molecule has 0 fully saturated rings. The molecule has 9 aromatic rings. The van der Waals surface area contributed by atoms with E-state index in [0.717, 1.165) is 11.4 Å². The van der Waals surface area contributed by atoms with Gasteiger partial charge in [-0.3, -0.25) is 0 Å². The monoisotopic (exact) mass is 726 g/mol. The minimum absolute atomic E-state index is 1.15. The van der Waals surface area contributed by atoms with Crippen LogP contribution in [0.5, 0.6) is 0 Å². The van der Waals surface area contributed by atoms with Gasteiger partial charge in [0.15, 0.2) is 0 Å². The number of thiophene rings is 2. The zero-order valence-electron chi connectivity index (χ0n) is 31.6. The van der Waals surface area contributed by atoms with E-state index >= 15 is 0 Å². The normalized spacial score (nSPS) is 10.9. The first-order valence-corrected chi connectivity index (χ1v) is 20.4. The van der Waals surface area contributed by atoms with Gasteiger partial charge in [-0.2, -0.15) is 0 Å². The van der Waals surface area contributed by atoms with E-state index in [0.29, 0.717) is 0 Å². The van der Waals surface area contributed by atoms with Crippen LogP contribution in [-0.2, 0) is 0 Å². The molecule has 4 heteroatoms. The molecular weight excluding hydrogens is 681 g/mol. The second kappa shape index (κ2) is 15.7. The summed E-state index contributed by atoms with van der Waals surface area (Å²) in [6.45, 7) is 14.7. The van der Waals surface area contributed by atoms with Crippen LogP contribution in [0, 0.1) is 20.8 Å². The number of nitrogens with zero attached hydrogens (tertiary/aromatic N) is 2. The lowest BCUT2D eigenvalue weighted by atomic mass is 9.92. The van der Waals surface area contributed by atoms with E-state index in [1.54, 1.807) is 22.7 Å². The minimum Gasteiger partial charge on any atom is -0.301 e. The number of anilines is 6. The van der Waals surface area contributed by atoms with Crippen molar-refractivity contribution in [3.8, 4) is 0 Å². The van der Waals surface area contributed by atoms with E-state index in [9.17, 15) is 0 Å². The third-order valence-electron chi connectivity index (χ3n) is 9.71. The van der Waals surface area contributed by atoms with Crippen molar-refractivity contribution in [1.29, 1.82) is 0 Å². The maximum atomic E-state index is 2.49. The van der Waals surface area contributed by atoms with Crippen LogP contribution < -0.4 is 9.80 Å². The van der Waals surface area contributed by atoms with Gasteiger partial charge in [-0.05, 0) is 131 Å². The molecule has 0 N–H and O–H groups in total. The highest BCUT2D eigenvalue weighted by molar-refractivity contribution is 7.14. The summed E-state index contributed by atoms with van der Waals surface area (Å²) in [6, 6.07) is 51.6. The fourth-order valence-corrected chi connectivity index (χ4v) is 8.71. The molecule has 0 saturated heterocycles. The molecule has 9 rings (SSSR count). The molecule has 0 bridgehead atoms. The number of aryl methyl sites for hydroxylation is 3. The van der Waals surface area contributed by atoms with Crippen LogP contribution in [0.4, 0.5) is 32.8 Å². The van der Waals surface area contributed by atoms with E-state index in [2.05, 4.69) is 181 Å². The Labute approximate surface area is 322 Å². The van der Waals surface area contributed by atoms with Crippen LogP contribution in [0.3, 0.4) is 0 Å². The fourth-order valence-electron chi connectivity index (χ4n) is 7.20. The molecule has 7 aromatic carbocycles. The second-order valence-electron chi connectivity index (χ2n) is 12.9. The lowest BCUT2D eigenvalue weighted by Crippen LogP contribution is -2.14. The molecule has 53 heavy (non-hydrogen) atoms. The molecule has 2 heterocycles. The Morgan fingerprint density at radius 1 is 0.377 bits per heavy atom.